The Morgan fingerprint density at radius 1 is 1.19 bits per heavy atom. The average Bonchev–Trinajstić information content (AvgIpc) is 2.81. The molecule has 0 spiro atoms. The van der Waals surface area contributed by atoms with Gasteiger partial charge in [-0.3, -0.25) is 0 Å². The molecule has 2 unspecified atom stereocenters. The summed E-state index contributed by atoms with van der Waals surface area (Å²) in [5, 5.41) is 24.9. The van der Waals surface area contributed by atoms with Crippen LogP contribution in [0.15, 0.2) is 0 Å². The Hall–Kier alpha value is -0.850. The number of hydrogen-bond acceptors (Lipinski definition) is 5. The van der Waals surface area contributed by atoms with Gasteiger partial charge in [0.25, 0.3) is 0 Å². The third kappa shape index (κ3) is 6.20. The Morgan fingerprint density at radius 2 is 1.81 bits per heavy atom. The third-order valence-corrected chi connectivity index (χ3v) is 3.80. The van der Waals surface area contributed by atoms with Crippen molar-refractivity contribution < 1.29 is 19.7 Å². The molecule has 124 valence electrons. The molecule has 1 fully saturated rings. The molecule has 2 atom stereocenters. The molecule has 21 heavy (non-hydrogen) atoms. The predicted molar refractivity (Wildman–Crippen MR) is 81.1 cm³/mol. The second-order valence-electron chi connectivity index (χ2n) is 7.20. The summed E-state index contributed by atoms with van der Waals surface area (Å²) in [6.45, 7) is 7.60. The normalized spacial score (nSPS) is 23.1. The molecule has 0 aliphatic heterocycles. The van der Waals surface area contributed by atoms with Gasteiger partial charge in [-0.1, -0.05) is 6.42 Å². The minimum atomic E-state index is -0.681. The Bertz CT molecular complexity index is 337. The highest BCUT2D eigenvalue weighted by molar-refractivity contribution is 5.67. The summed E-state index contributed by atoms with van der Waals surface area (Å²) >= 11 is 0. The molecule has 0 heterocycles. The second-order valence-corrected chi connectivity index (χ2v) is 7.20. The highest BCUT2D eigenvalue weighted by Gasteiger charge is 2.33. The van der Waals surface area contributed by atoms with Crippen molar-refractivity contribution in [3.8, 4) is 0 Å². The zero-order valence-corrected chi connectivity index (χ0v) is 13.6. The van der Waals surface area contributed by atoms with E-state index < -0.39 is 17.2 Å². The van der Waals surface area contributed by atoms with Gasteiger partial charge in [-0.15, -0.1) is 0 Å². The van der Waals surface area contributed by atoms with Crippen LogP contribution in [0.3, 0.4) is 0 Å². The SMILES string of the molecule is CC(CO)(CO)NC1CCCC1CNC(=O)OC(C)(C)C. The van der Waals surface area contributed by atoms with Gasteiger partial charge in [-0.2, -0.15) is 0 Å². The summed E-state index contributed by atoms with van der Waals surface area (Å²) in [6.07, 6.45) is 2.67. The van der Waals surface area contributed by atoms with E-state index in [9.17, 15) is 15.0 Å². The molecule has 4 N–H and O–H groups in total. The van der Waals surface area contributed by atoms with Crippen molar-refractivity contribution in [2.45, 2.75) is 64.1 Å². The van der Waals surface area contributed by atoms with Crippen LogP contribution in [-0.2, 0) is 4.74 Å². The van der Waals surface area contributed by atoms with E-state index in [-0.39, 0.29) is 25.2 Å². The van der Waals surface area contributed by atoms with Gasteiger partial charge in [-0.25, -0.2) is 4.79 Å². The topological polar surface area (TPSA) is 90.8 Å². The summed E-state index contributed by atoms with van der Waals surface area (Å²) in [5.74, 6) is 0.287. The summed E-state index contributed by atoms with van der Waals surface area (Å²) < 4.78 is 5.23. The number of alkyl carbamates (subject to hydrolysis) is 1. The summed E-state index contributed by atoms with van der Waals surface area (Å²) in [7, 11) is 0. The molecule has 1 aliphatic rings. The number of carbonyl (C=O) groups excluding carboxylic acids is 1. The lowest BCUT2D eigenvalue weighted by molar-refractivity contribution is 0.0509. The number of carbonyl (C=O) groups is 1. The van der Waals surface area contributed by atoms with Crippen LogP contribution in [0.2, 0.25) is 0 Å². The molecule has 1 saturated carbocycles. The van der Waals surface area contributed by atoms with E-state index in [0.29, 0.717) is 6.54 Å². The van der Waals surface area contributed by atoms with Gasteiger partial charge in [-0.05, 0) is 46.5 Å². The van der Waals surface area contributed by atoms with Gasteiger partial charge in [0.1, 0.15) is 5.60 Å². The van der Waals surface area contributed by atoms with Crippen LogP contribution in [0.5, 0.6) is 0 Å². The van der Waals surface area contributed by atoms with Gasteiger partial charge in [0, 0.05) is 12.6 Å². The Morgan fingerprint density at radius 3 is 2.33 bits per heavy atom. The molecule has 0 saturated heterocycles. The molecule has 0 aromatic carbocycles. The van der Waals surface area contributed by atoms with Gasteiger partial charge < -0.3 is 25.6 Å². The lowest BCUT2D eigenvalue weighted by Gasteiger charge is -2.33. The molecule has 0 bridgehead atoms. The van der Waals surface area contributed by atoms with Crippen molar-refractivity contribution in [2.75, 3.05) is 19.8 Å². The Balaban J connectivity index is 2.45. The van der Waals surface area contributed by atoms with Gasteiger partial charge in [0.15, 0.2) is 0 Å². The largest absolute Gasteiger partial charge is 0.444 e. The first-order chi connectivity index (χ1) is 9.69. The lowest BCUT2D eigenvalue weighted by atomic mass is 9.98. The fourth-order valence-corrected chi connectivity index (χ4v) is 2.59. The number of aliphatic hydroxyl groups excluding tert-OH is 2. The predicted octanol–water partition coefficient (Wildman–Crippen LogP) is 1.01. The minimum absolute atomic E-state index is 0.119. The standard InChI is InChI=1S/C15H30N2O4/c1-14(2,3)21-13(20)16-8-11-6-5-7-12(11)17-15(4,9-18)10-19/h11-12,17-19H,5-10H2,1-4H3,(H,16,20). The highest BCUT2D eigenvalue weighted by Crippen LogP contribution is 2.27. The van der Waals surface area contributed by atoms with Crippen LogP contribution in [-0.4, -0.2) is 53.2 Å². The molecule has 1 rings (SSSR count). The van der Waals surface area contributed by atoms with Crippen molar-refractivity contribution in [3.05, 3.63) is 0 Å². The fraction of sp³-hybridized carbons (Fsp3) is 0.933. The number of nitrogens with one attached hydrogen (secondary N) is 2. The van der Waals surface area contributed by atoms with E-state index >= 15 is 0 Å². The van der Waals surface area contributed by atoms with Crippen LogP contribution in [0.4, 0.5) is 4.79 Å². The number of rotatable bonds is 6. The van der Waals surface area contributed by atoms with Crippen molar-refractivity contribution in [1.82, 2.24) is 10.6 Å². The van der Waals surface area contributed by atoms with Gasteiger partial charge >= 0.3 is 6.09 Å². The van der Waals surface area contributed by atoms with E-state index in [4.69, 9.17) is 4.74 Å². The number of ether oxygens (including phenoxy) is 1. The van der Waals surface area contributed by atoms with Crippen molar-refractivity contribution in [1.29, 1.82) is 0 Å². The molecule has 0 radical (unpaired) electrons. The molecule has 0 aromatic heterocycles. The first-order valence-electron chi connectivity index (χ1n) is 7.65. The van der Waals surface area contributed by atoms with Crippen molar-refractivity contribution in [3.63, 3.8) is 0 Å². The maximum Gasteiger partial charge on any atom is 0.407 e. The van der Waals surface area contributed by atoms with Crippen LogP contribution in [0.1, 0.15) is 47.0 Å². The number of amides is 1. The minimum Gasteiger partial charge on any atom is -0.444 e. The molecule has 0 aromatic rings. The van der Waals surface area contributed by atoms with E-state index in [2.05, 4.69) is 10.6 Å². The monoisotopic (exact) mass is 302 g/mol. The van der Waals surface area contributed by atoms with E-state index in [1.54, 1.807) is 6.92 Å². The van der Waals surface area contributed by atoms with E-state index in [0.717, 1.165) is 19.3 Å². The average molecular weight is 302 g/mol. The molecule has 1 aliphatic carbocycles. The zero-order valence-electron chi connectivity index (χ0n) is 13.6. The summed E-state index contributed by atoms with van der Waals surface area (Å²) in [6, 6.07) is 0.184. The fourth-order valence-electron chi connectivity index (χ4n) is 2.59. The summed E-state index contributed by atoms with van der Waals surface area (Å²) in [4.78, 5) is 11.7. The van der Waals surface area contributed by atoms with Crippen LogP contribution >= 0.6 is 0 Å². The molecule has 6 nitrogen and oxygen atoms in total. The first kappa shape index (κ1) is 18.2. The van der Waals surface area contributed by atoms with E-state index in [1.165, 1.54) is 0 Å². The van der Waals surface area contributed by atoms with E-state index in [1.807, 2.05) is 20.8 Å². The zero-order chi connectivity index (χ0) is 16.1. The van der Waals surface area contributed by atoms with Crippen LogP contribution in [0, 0.1) is 5.92 Å². The van der Waals surface area contributed by atoms with Crippen molar-refractivity contribution in [2.24, 2.45) is 5.92 Å². The quantitative estimate of drug-likeness (QED) is 0.588. The smallest absolute Gasteiger partial charge is 0.407 e. The first-order valence-corrected chi connectivity index (χ1v) is 7.65. The lowest BCUT2D eigenvalue weighted by Crippen LogP contribution is -2.55. The maximum atomic E-state index is 11.7. The van der Waals surface area contributed by atoms with Gasteiger partial charge in [0.05, 0.1) is 18.8 Å². The van der Waals surface area contributed by atoms with Crippen LogP contribution < -0.4 is 10.6 Å². The third-order valence-electron chi connectivity index (χ3n) is 3.80. The molecular weight excluding hydrogens is 272 g/mol. The Labute approximate surface area is 127 Å². The molecular formula is C15H30N2O4. The molecule has 6 heteroatoms. The number of aliphatic hydroxyl groups is 2. The highest BCUT2D eigenvalue weighted by atomic mass is 16.6. The number of hydrogen-bond donors (Lipinski definition) is 4. The second kappa shape index (κ2) is 7.42. The summed E-state index contributed by atoms with van der Waals surface area (Å²) in [5.41, 5.74) is -1.18. The molecule has 1 amide bonds. The van der Waals surface area contributed by atoms with Gasteiger partial charge in [0.2, 0.25) is 0 Å². The van der Waals surface area contributed by atoms with Crippen molar-refractivity contribution >= 4 is 6.09 Å². The van der Waals surface area contributed by atoms with Crippen LogP contribution in [0.25, 0.3) is 0 Å². The maximum absolute atomic E-state index is 11.7. The Kier molecular flexibility index (Phi) is 6.43.